The highest BCUT2D eigenvalue weighted by Gasteiger charge is 2.29. The number of sulfone groups is 1. The molecule has 2 rings (SSSR count). The van der Waals surface area contributed by atoms with E-state index in [2.05, 4.69) is 24.3 Å². The summed E-state index contributed by atoms with van der Waals surface area (Å²) in [5.74, 6) is 0.544. The SMILES string of the molecule is COC[C@@H]1CCCN1N[C@H](CC(C)C)CS(=O)(=O)c1ccccc1. The van der Waals surface area contributed by atoms with E-state index in [1.165, 1.54) is 0 Å². The number of hydrazine groups is 1. The van der Waals surface area contributed by atoms with Crippen molar-refractivity contribution in [1.82, 2.24) is 10.4 Å². The van der Waals surface area contributed by atoms with Gasteiger partial charge in [0.2, 0.25) is 0 Å². The number of rotatable bonds is 9. The minimum absolute atomic E-state index is 0.0901. The van der Waals surface area contributed by atoms with Crippen LogP contribution in [0, 0.1) is 5.92 Å². The third-order valence-electron chi connectivity index (χ3n) is 4.36. The Kier molecular flexibility index (Phi) is 7.22. The van der Waals surface area contributed by atoms with Gasteiger partial charge >= 0.3 is 0 Å². The van der Waals surface area contributed by atoms with Crippen LogP contribution in [0.25, 0.3) is 0 Å². The summed E-state index contributed by atoms with van der Waals surface area (Å²) in [5.41, 5.74) is 3.48. The Balaban J connectivity index is 2.08. The molecule has 2 atom stereocenters. The lowest BCUT2D eigenvalue weighted by molar-refractivity contribution is 0.0707. The number of nitrogens with one attached hydrogen (secondary N) is 1. The standard InChI is InChI=1S/C18H30N2O3S/c1-15(2)12-16(19-20-11-7-8-17(20)13-23-3)14-24(21,22)18-9-5-4-6-10-18/h4-6,9-10,15-17,19H,7-8,11-14H2,1-3H3/t16-,17+/m1/s1. The lowest BCUT2D eigenvalue weighted by Crippen LogP contribution is -2.51. The largest absolute Gasteiger partial charge is 0.383 e. The number of ether oxygens (including phenoxy) is 1. The van der Waals surface area contributed by atoms with Crippen LogP contribution in [0.3, 0.4) is 0 Å². The van der Waals surface area contributed by atoms with E-state index in [0.29, 0.717) is 23.5 Å². The lowest BCUT2D eigenvalue weighted by Gasteiger charge is -2.31. The molecule has 0 radical (unpaired) electrons. The molecular formula is C18H30N2O3S. The minimum Gasteiger partial charge on any atom is -0.383 e. The quantitative estimate of drug-likeness (QED) is 0.738. The van der Waals surface area contributed by atoms with Crippen molar-refractivity contribution in [2.24, 2.45) is 5.92 Å². The van der Waals surface area contributed by atoms with Crippen molar-refractivity contribution in [3.05, 3.63) is 30.3 Å². The zero-order chi connectivity index (χ0) is 17.6. The molecule has 1 aliphatic heterocycles. The first-order valence-electron chi connectivity index (χ1n) is 8.72. The summed E-state index contributed by atoms with van der Waals surface area (Å²) in [6.07, 6.45) is 3.02. The number of hydrogen-bond donors (Lipinski definition) is 1. The molecule has 24 heavy (non-hydrogen) atoms. The Morgan fingerprint density at radius 1 is 1.29 bits per heavy atom. The lowest BCUT2D eigenvalue weighted by atomic mass is 10.1. The summed E-state index contributed by atoms with van der Waals surface area (Å²) in [5, 5.41) is 2.18. The van der Waals surface area contributed by atoms with E-state index >= 15 is 0 Å². The van der Waals surface area contributed by atoms with Crippen molar-refractivity contribution in [3.63, 3.8) is 0 Å². The predicted octanol–water partition coefficient (Wildman–Crippen LogP) is 2.49. The van der Waals surface area contributed by atoms with Gasteiger partial charge < -0.3 is 4.74 Å². The molecule has 0 saturated carbocycles. The van der Waals surface area contributed by atoms with Gasteiger partial charge in [0.15, 0.2) is 9.84 Å². The Labute approximate surface area is 146 Å². The first-order valence-corrected chi connectivity index (χ1v) is 10.4. The van der Waals surface area contributed by atoms with E-state index in [4.69, 9.17) is 4.74 Å². The maximum atomic E-state index is 12.7. The number of methoxy groups -OCH3 is 1. The van der Waals surface area contributed by atoms with Crippen molar-refractivity contribution in [2.45, 2.75) is 50.1 Å². The Bertz CT molecular complexity index is 590. The number of benzene rings is 1. The normalized spacial score (nSPS) is 20.6. The molecule has 0 bridgehead atoms. The van der Waals surface area contributed by atoms with Gasteiger partial charge in [-0.1, -0.05) is 32.0 Å². The summed E-state index contributed by atoms with van der Waals surface area (Å²) in [6, 6.07) is 8.95. The second-order valence-electron chi connectivity index (χ2n) is 6.99. The van der Waals surface area contributed by atoms with E-state index in [1.54, 1.807) is 31.4 Å². The zero-order valence-electron chi connectivity index (χ0n) is 14.9. The van der Waals surface area contributed by atoms with Gasteiger partial charge in [-0.3, -0.25) is 5.43 Å². The van der Waals surface area contributed by atoms with E-state index in [1.807, 2.05) is 6.07 Å². The monoisotopic (exact) mass is 354 g/mol. The average molecular weight is 355 g/mol. The summed E-state index contributed by atoms with van der Waals surface area (Å²) < 4.78 is 30.7. The predicted molar refractivity (Wildman–Crippen MR) is 96.5 cm³/mol. The molecule has 1 aliphatic rings. The van der Waals surface area contributed by atoms with Gasteiger partial charge in [-0.2, -0.15) is 0 Å². The molecule has 0 unspecified atom stereocenters. The highest BCUT2D eigenvalue weighted by atomic mass is 32.2. The summed E-state index contributed by atoms with van der Waals surface area (Å²) >= 11 is 0. The van der Waals surface area contributed by atoms with E-state index in [-0.39, 0.29) is 11.8 Å². The van der Waals surface area contributed by atoms with Gasteiger partial charge in [0.25, 0.3) is 0 Å². The van der Waals surface area contributed by atoms with Crippen LogP contribution in [-0.4, -0.2) is 51.5 Å². The Hall–Kier alpha value is -0.950. The average Bonchev–Trinajstić information content (AvgIpc) is 2.94. The molecule has 1 heterocycles. The van der Waals surface area contributed by atoms with Crippen molar-refractivity contribution < 1.29 is 13.2 Å². The Morgan fingerprint density at radius 3 is 2.62 bits per heavy atom. The molecule has 1 N–H and O–H groups in total. The molecule has 1 saturated heterocycles. The van der Waals surface area contributed by atoms with Crippen LogP contribution in [0.2, 0.25) is 0 Å². The van der Waals surface area contributed by atoms with E-state index in [9.17, 15) is 8.42 Å². The van der Waals surface area contributed by atoms with Crippen molar-refractivity contribution >= 4 is 9.84 Å². The van der Waals surface area contributed by atoms with Crippen molar-refractivity contribution in [1.29, 1.82) is 0 Å². The van der Waals surface area contributed by atoms with Crippen molar-refractivity contribution in [2.75, 3.05) is 26.0 Å². The van der Waals surface area contributed by atoms with Gasteiger partial charge in [0.05, 0.1) is 17.3 Å². The van der Waals surface area contributed by atoms with E-state index < -0.39 is 9.84 Å². The highest BCUT2D eigenvalue weighted by Crippen LogP contribution is 2.19. The fraction of sp³-hybridized carbons (Fsp3) is 0.667. The number of hydrogen-bond acceptors (Lipinski definition) is 5. The highest BCUT2D eigenvalue weighted by molar-refractivity contribution is 7.91. The maximum Gasteiger partial charge on any atom is 0.179 e. The van der Waals surface area contributed by atoms with Crippen LogP contribution >= 0.6 is 0 Å². The van der Waals surface area contributed by atoms with Crippen LogP contribution in [0.1, 0.15) is 33.1 Å². The summed E-state index contributed by atoms with van der Waals surface area (Å²) in [4.78, 5) is 0.399. The van der Waals surface area contributed by atoms with Gasteiger partial charge in [0, 0.05) is 25.7 Å². The fourth-order valence-corrected chi connectivity index (χ4v) is 4.83. The molecule has 136 valence electrons. The van der Waals surface area contributed by atoms with Crippen molar-refractivity contribution in [3.8, 4) is 0 Å². The second kappa shape index (κ2) is 8.94. The van der Waals surface area contributed by atoms with Gasteiger partial charge in [-0.05, 0) is 37.3 Å². The maximum absolute atomic E-state index is 12.7. The third-order valence-corrected chi connectivity index (χ3v) is 6.20. The topological polar surface area (TPSA) is 58.6 Å². The smallest absolute Gasteiger partial charge is 0.179 e. The fourth-order valence-electron chi connectivity index (χ4n) is 3.32. The van der Waals surface area contributed by atoms with Crippen LogP contribution in [0.5, 0.6) is 0 Å². The molecule has 5 nitrogen and oxygen atoms in total. The molecule has 0 aliphatic carbocycles. The first kappa shape index (κ1) is 19.4. The molecule has 1 aromatic rings. The van der Waals surface area contributed by atoms with Crippen LogP contribution in [-0.2, 0) is 14.6 Å². The van der Waals surface area contributed by atoms with Crippen LogP contribution in [0.15, 0.2) is 35.2 Å². The van der Waals surface area contributed by atoms with E-state index in [0.717, 1.165) is 25.8 Å². The third kappa shape index (κ3) is 5.55. The van der Waals surface area contributed by atoms with Crippen LogP contribution < -0.4 is 5.43 Å². The molecule has 6 heteroatoms. The van der Waals surface area contributed by atoms with Crippen LogP contribution in [0.4, 0.5) is 0 Å². The molecule has 1 aromatic carbocycles. The minimum atomic E-state index is -3.30. The molecule has 0 spiro atoms. The zero-order valence-corrected chi connectivity index (χ0v) is 15.8. The van der Waals surface area contributed by atoms with Gasteiger partial charge in [0.1, 0.15) is 0 Å². The Morgan fingerprint density at radius 2 is 2.00 bits per heavy atom. The first-order chi connectivity index (χ1) is 11.4. The van der Waals surface area contributed by atoms with Gasteiger partial charge in [-0.25, -0.2) is 13.4 Å². The summed E-state index contributed by atoms with van der Waals surface area (Å²) in [7, 11) is -1.59. The molecule has 0 amide bonds. The molecule has 1 fully saturated rings. The van der Waals surface area contributed by atoms with Gasteiger partial charge in [-0.15, -0.1) is 0 Å². The summed E-state index contributed by atoms with van der Waals surface area (Å²) in [6.45, 7) is 5.86. The second-order valence-corrected chi connectivity index (χ2v) is 9.03. The molecule has 0 aromatic heterocycles. The molecular weight excluding hydrogens is 324 g/mol. The number of nitrogens with zero attached hydrogens (tertiary/aromatic N) is 1.